The molecule has 0 saturated carbocycles. The van der Waals surface area contributed by atoms with Crippen LogP contribution in [-0.4, -0.2) is 55.3 Å². The summed E-state index contributed by atoms with van der Waals surface area (Å²) in [4.78, 5) is 21.0. The van der Waals surface area contributed by atoms with Crippen LogP contribution in [0.15, 0.2) is 71.9 Å². The van der Waals surface area contributed by atoms with Gasteiger partial charge in [0, 0.05) is 50.7 Å². The number of pyridine rings is 1. The van der Waals surface area contributed by atoms with Crippen molar-refractivity contribution < 1.29 is 17.6 Å². The van der Waals surface area contributed by atoms with E-state index in [1.165, 1.54) is 17.7 Å². The molecule has 33 heavy (non-hydrogen) atoms. The number of nitrogens with one attached hydrogen (secondary N) is 1. The van der Waals surface area contributed by atoms with Crippen LogP contribution in [0.4, 0.5) is 10.1 Å². The predicted octanol–water partition coefficient (Wildman–Crippen LogP) is 3.63. The van der Waals surface area contributed by atoms with Crippen LogP contribution in [0.25, 0.3) is 0 Å². The molecule has 1 N–H and O–H groups in total. The maximum Gasteiger partial charge on any atom is 0.261 e. The fraction of sp³-hybridized carbons (Fsp3) is 0.217. The van der Waals surface area contributed by atoms with Gasteiger partial charge in [0.05, 0.1) is 15.6 Å². The normalized spacial score (nSPS) is 14.8. The van der Waals surface area contributed by atoms with E-state index in [0.29, 0.717) is 18.7 Å². The second-order valence-electron chi connectivity index (χ2n) is 7.68. The first-order valence-corrected chi connectivity index (χ1v) is 12.2. The van der Waals surface area contributed by atoms with Gasteiger partial charge in [0.15, 0.2) is 0 Å². The highest BCUT2D eigenvalue weighted by Crippen LogP contribution is 2.27. The Morgan fingerprint density at radius 2 is 1.67 bits per heavy atom. The molecule has 0 bridgehead atoms. The maximum absolute atomic E-state index is 13.1. The molecule has 0 aliphatic carbocycles. The quantitative estimate of drug-likeness (QED) is 0.573. The van der Waals surface area contributed by atoms with E-state index in [0.717, 1.165) is 43.9 Å². The molecule has 10 heteroatoms. The van der Waals surface area contributed by atoms with Crippen molar-refractivity contribution in [2.24, 2.45) is 0 Å². The van der Waals surface area contributed by atoms with E-state index in [-0.39, 0.29) is 21.5 Å². The van der Waals surface area contributed by atoms with Crippen LogP contribution in [0.2, 0.25) is 5.02 Å². The number of aromatic nitrogens is 1. The maximum atomic E-state index is 13.1. The first-order chi connectivity index (χ1) is 15.8. The second kappa shape index (κ2) is 9.86. The highest BCUT2D eigenvalue weighted by atomic mass is 35.5. The third-order valence-electron chi connectivity index (χ3n) is 5.40. The molecule has 4 rings (SSSR count). The third kappa shape index (κ3) is 5.68. The summed E-state index contributed by atoms with van der Waals surface area (Å²) in [7, 11) is -3.99. The van der Waals surface area contributed by atoms with Gasteiger partial charge < -0.3 is 4.90 Å². The molecule has 0 spiro atoms. The van der Waals surface area contributed by atoms with Gasteiger partial charge >= 0.3 is 0 Å². The van der Waals surface area contributed by atoms with Gasteiger partial charge in [0.25, 0.3) is 15.9 Å². The lowest BCUT2D eigenvalue weighted by Gasteiger charge is -2.34. The molecule has 3 aromatic rings. The van der Waals surface area contributed by atoms with Gasteiger partial charge in [0.1, 0.15) is 5.82 Å². The van der Waals surface area contributed by atoms with Crippen LogP contribution in [0.1, 0.15) is 15.9 Å². The minimum absolute atomic E-state index is 0.0863. The molecule has 7 nitrogen and oxygen atoms in total. The van der Waals surface area contributed by atoms with E-state index in [2.05, 4.69) is 14.6 Å². The highest BCUT2D eigenvalue weighted by Gasteiger charge is 2.24. The summed E-state index contributed by atoms with van der Waals surface area (Å²) in [5.41, 5.74) is 1.59. The van der Waals surface area contributed by atoms with Gasteiger partial charge in [-0.15, -0.1) is 0 Å². The number of piperazine rings is 1. The molecule has 172 valence electrons. The van der Waals surface area contributed by atoms with Crippen molar-refractivity contribution in [2.45, 2.75) is 11.4 Å². The van der Waals surface area contributed by atoms with Gasteiger partial charge in [-0.1, -0.05) is 11.6 Å². The number of benzene rings is 2. The van der Waals surface area contributed by atoms with E-state index < -0.39 is 15.8 Å². The number of anilines is 1. The lowest BCUT2D eigenvalue weighted by atomic mass is 10.1. The second-order valence-corrected chi connectivity index (χ2v) is 9.77. The Balaban J connectivity index is 1.43. The minimum Gasteiger partial charge on any atom is -0.336 e. The Labute approximate surface area is 196 Å². The summed E-state index contributed by atoms with van der Waals surface area (Å²) in [6, 6.07) is 12.9. The van der Waals surface area contributed by atoms with Crippen LogP contribution in [0.3, 0.4) is 0 Å². The molecule has 0 unspecified atom stereocenters. The predicted molar refractivity (Wildman–Crippen MR) is 124 cm³/mol. The van der Waals surface area contributed by atoms with Gasteiger partial charge in [-0.2, -0.15) is 0 Å². The molecule has 2 aromatic carbocycles. The highest BCUT2D eigenvalue weighted by molar-refractivity contribution is 7.92. The molecular formula is C23H22ClFN4O3S. The average Bonchev–Trinajstić information content (AvgIpc) is 2.81. The molecule has 1 saturated heterocycles. The van der Waals surface area contributed by atoms with Gasteiger partial charge in [-0.05, 0) is 60.2 Å². The fourth-order valence-corrected chi connectivity index (χ4v) is 4.88. The third-order valence-corrected chi connectivity index (χ3v) is 7.11. The van der Waals surface area contributed by atoms with Gasteiger partial charge in [0.2, 0.25) is 0 Å². The van der Waals surface area contributed by atoms with E-state index in [1.54, 1.807) is 23.4 Å². The van der Waals surface area contributed by atoms with Crippen molar-refractivity contribution in [3.8, 4) is 0 Å². The Morgan fingerprint density at radius 3 is 2.33 bits per heavy atom. The molecule has 1 fully saturated rings. The number of hydrogen-bond donors (Lipinski definition) is 1. The standard InChI is InChI=1S/C23H22ClFN4O3S/c24-21-6-1-18(15-22(21)27-33(31,32)20-4-2-19(25)3-5-20)23(30)29-13-11-28(12-14-29)16-17-7-9-26-10-8-17/h1-10,15,27H,11-14,16H2. The zero-order valence-electron chi connectivity index (χ0n) is 17.6. The number of amides is 1. The number of hydrogen-bond acceptors (Lipinski definition) is 5. The van der Waals surface area contributed by atoms with E-state index in [4.69, 9.17) is 11.6 Å². The van der Waals surface area contributed by atoms with Crippen LogP contribution >= 0.6 is 11.6 Å². The SMILES string of the molecule is O=C(c1ccc(Cl)c(NS(=O)(=O)c2ccc(F)cc2)c1)N1CCN(Cc2ccncc2)CC1. The van der Waals surface area contributed by atoms with Crippen LogP contribution in [-0.2, 0) is 16.6 Å². The molecule has 1 aliphatic heterocycles. The molecule has 0 atom stereocenters. The number of carbonyl (C=O) groups excluding carboxylic acids is 1. The molecular weight excluding hydrogens is 467 g/mol. The Morgan fingerprint density at radius 1 is 1.00 bits per heavy atom. The summed E-state index contributed by atoms with van der Waals surface area (Å²) >= 11 is 6.18. The van der Waals surface area contributed by atoms with Crippen LogP contribution in [0.5, 0.6) is 0 Å². The number of nitrogens with zero attached hydrogens (tertiary/aromatic N) is 3. The van der Waals surface area contributed by atoms with Crippen molar-refractivity contribution in [3.05, 3.63) is 89.0 Å². The monoisotopic (exact) mass is 488 g/mol. The summed E-state index contributed by atoms with van der Waals surface area (Å²) in [6.07, 6.45) is 3.52. The Kier molecular flexibility index (Phi) is 6.92. The lowest BCUT2D eigenvalue weighted by Crippen LogP contribution is -2.48. The van der Waals surface area contributed by atoms with Gasteiger partial charge in [-0.25, -0.2) is 12.8 Å². The smallest absolute Gasteiger partial charge is 0.261 e. The van der Waals surface area contributed by atoms with Crippen molar-refractivity contribution in [2.75, 3.05) is 30.9 Å². The van der Waals surface area contributed by atoms with Gasteiger partial charge in [-0.3, -0.25) is 19.4 Å². The zero-order valence-corrected chi connectivity index (χ0v) is 19.2. The summed E-state index contributed by atoms with van der Waals surface area (Å²) in [5, 5.41) is 0.152. The zero-order chi connectivity index (χ0) is 23.4. The van der Waals surface area contributed by atoms with Crippen molar-refractivity contribution in [1.29, 1.82) is 0 Å². The first-order valence-electron chi connectivity index (χ1n) is 10.3. The number of halogens is 2. The first kappa shape index (κ1) is 23.2. The van der Waals surface area contributed by atoms with Crippen LogP contribution in [0, 0.1) is 5.82 Å². The van der Waals surface area contributed by atoms with E-state index in [1.807, 2.05) is 12.1 Å². The molecule has 1 aliphatic rings. The molecule has 0 radical (unpaired) electrons. The summed E-state index contributed by atoms with van der Waals surface area (Å²) in [6.45, 7) is 3.37. The molecule has 1 aromatic heterocycles. The van der Waals surface area contributed by atoms with Crippen molar-refractivity contribution >= 4 is 33.2 Å². The minimum atomic E-state index is -3.99. The summed E-state index contributed by atoms with van der Waals surface area (Å²) in [5.74, 6) is -0.738. The van der Waals surface area contributed by atoms with Crippen molar-refractivity contribution in [1.82, 2.24) is 14.8 Å². The lowest BCUT2D eigenvalue weighted by molar-refractivity contribution is 0.0628. The van der Waals surface area contributed by atoms with Crippen LogP contribution < -0.4 is 4.72 Å². The Bertz CT molecular complexity index is 1230. The molecule has 1 amide bonds. The van der Waals surface area contributed by atoms with E-state index in [9.17, 15) is 17.6 Å². The largest absolute Gasteiger partial charge is 0.336 e. The number of carbonyl (C=O) groups is 1. The fourth-order valence-electron chi connectivity index (χ4n) is 3.59. The summed E-state index contributed by atoms with van der Waals surface area (Å²) < 4.78 is 40.8. The average molecular weight is 489 g/mol. The number of rotatable bonds is 6. The molecule has 2 heterocycles. The van der Waals surface area contributed by atoms with Crippen molar-refractivity contribution in [3.63, 3.8) is 0 Å². The van der Waals surface area contributed by atoms with E-state index >= 15 is 0 Å². The Hall–Kier alpha value is -3.01. The topological polar surface area (TPSA) is 82.6 Å². The number of sulfonamides is 1.